The third-order valence-corrected chi connectivity index (χ3v) is 8.04. The van der Waals surface area contributed by atoms with Crippen molar-refractivity contribution in [3.05, 3.63) is 34.3 Å². The summed E-state index contributed by atoms with van der Waals surface area (Å²) in [4.78, 5) is 24.7. The molecule has 0 saturated heterocycles. The molecule has 34 heavy (non-hydrogen) atoms. The summed E-state index contributed by atoms with van der Waals surface area (Å²) in [5.74, 6) is -0.256. The predicted octanol–water partition coefficient (Wildman–Crippen LogP) is 1.88. The molecule has 2 aliphatic carbocycles. The monoisotopic (exact) mass is 493 g/mol. The van der Waals surface area contributed by atoms with Crippen LogP contribution in [0.15, 0.2) is 11.1 Å². The van der Waals surface area contributed by atoms with Crippen molar-refractivity contribution in [2.24, 2.45) is 0 Å². The molecule has 0 saturated carbocycles. The van der Waals surface area contributed by atoms with Gasteiger partial charge in [0.1, 0.15) is 12.4 Å². The molecule has 3 amide bonds. The second-order valence-electron chi connectivity index (χ2n) is 8.72. The van der Waals surface area contributed by atoms with Crippen LogP contribution in [-0.4, -0.2) is 60.0 Å². The minimum absolute atomic E-state index is 0.0585. The minimum atomic E-state index is -4.34. The summed E-state index contributed by atoms with van der Waals surface area (Å²) in [6, 6.07) is -1.49. The van der Waals surface area contributed by atoms with Gasteiger partial charge in [0.2, 0.25) is 5.88 Å². The molecule has 0 bridgehead atoms. The van der Waals surface area contributed by atoms with E-state index < -0.39 is 28.2 Å². The zero-order valence-electron chi connectivity index (χ0n) is 18.4. The first kappa shape index (κ1) is 22.4. The molecule has 11 nitrogen and oxygen atoms in total. The number of hydrogen-bond acceptors (Lipinski definition) is 6. The number of nitrogens with one attached hydrogen (secondary N) is 2. The number of hydrogen-bond donors (Lipinski definition) is 3. The normalized spacial score (nSPS) is 18.5. The first-order chi connectivity index (χ1) is 16.2. The van der Waals surface area contributed by atoms with E-state index in [0.29, 0.717) is 42.5 Å². The van der Waals surface area contributed by atoms with Crippen LogP contribution in [0.5, 0.6) is 5.88 Å². The highest BCUT2D eigenvalue weighted by atomic mass is 32.2. The van der Waals surface area contributed by atoms with Gasteiger partial charge in [-0.1, -0.05) is 0 Å². The van der Waals surface area contributed by atoms with E-state index in [9.17, 15) is 22.4 Å². The van der Waals surface area contributed by atoms with Crippen LogP contribution in [0, 0.1) is 5.82 Å². The number of amides is 3. The van der Waals surface area contributed by atoms with Crippen LogP contribution in [0.4, 0.5) is 19.7 Å². The number of rotatable bonds is 4. The van der Waals surface area contributed by atoms with E-state index in [-0.39, 0.29) is 29.7 Å². The van der Waals surface area contributed by atoms with Crippen molar-refractivity contribution in [3.8, 4) is 5.88 Å². The van der Waals surface area contributed by atoms with Gasteiger partial charge in [0, 0.05) is 12.7 Å². The van der Waals surface area contributed by atoms with E-state index in [2.05, 4.69) is 10.4 Å². The summed E-state index contributed by atoms with van der Waals surface area (Å²) in [5.41, 5.74) is 3.22. The van der Waals surface area contributed by atoms with Crippen molar-refractivity contribution in [3.63, 3.8) is 0 Å². The summed E-state index contributed by atoms with van der Waals surface area (Å²) in [6.07, 6.45) is 3.92. The third kappa shape index (κ3) is 3.63. The Hall–Kier alpha value is -3.35. The lowest BCUT2D eigenvalue weighted by molar-refractivity contribution is 0.0873. The van der Waals surface area contributed by atoms with Crippen molar-refractivity contribution in [2.75, 3.05) is 19.0 Å². The Kier molecular flexibility index (Phi) is 5.38. The van der Waals surface area contributed by atoms with Gasteiger partial charge in [-0.25, -0.2) is 31.8 Å². The molecule has 0 radical (unpaired) electrons. The molecule has 3 N–H and O–H groups in total. The highest BCUT2D eigenvalue weighted by Gasteiger charge is 2.34. The summed E-state index contributed by atoms with van der Waals surface area (Å²) in [7, 11) is -2.96. The van der Waals surface area contributed by atoms with E-state index in [1.807, 2.05) is 4.72 Å². The Balaban J connectivity index is 1.36. The van der Waals surface area contributed by atoms with E-state index in [4.69, 9.17) is 9.84 Å². The van der Waals surface area contributed by atoms with Crippen LogP contribution < -0.4 is 14.8 Å². The molecule has 2 aromatic rings. The molecule has 1 unspecified atom stereocenters. The molecule has 3 aliphatic rings. The SMILES string of the molecule is CN(C(=O)O)C1COc2c(S(=O)(=O)NC(=O)Nc3c4c(c(F)c5c3CCC5)CCC4)cnn2C1. The van der Waals surface area contributed by atoms with Gasteiger partial charge in [-0.15, -0.1) is 0 Å². The van der Waals surface area contributed by atoms with Gasteiger partial charge < -0.3 is 20.1 Å². The molecular formula is C21H24FN5O6S. The average Bonchev–Trinajstić information content (AvgIpc) is 3.54. The number of halogens is 1. The van der Waals surface area contributed by atoms with Crippen LogP contribution in [0.1, 0.15) is 35.1 Å². The fraction of sp³-hybridized carbons (Fsp3) is 0.476. The Morgan fingerprint density at radius 2 is 1.79 bits per heavy atom. The number of fused-ring (bicyclic) bond motifs is 3. The summed E-state index contributed by atoms with van der Waals surface area (Å²) in [5, 5.41) is 15.8. The number of ether oxygens (including phenoxy) is 1. The first-order valence-electron chi connectivity index (χ1n) is 11.0. The zero-order chi connectivity index (χ0) is 24.2. The van der Waals surface area contributed by atoms with Crippen LogP contribution >= 0.6 is 0 Å². The lowest BCUT2D eigenvalue weighted by atomic mass is 9.98. The van der Waals surface area contributed by atoms with E-state index in [0.717, 1.165) is 35.1 Å². The maximum Gasteiger partial charge on any atom is 0.407 e. The number of urea groups is 1. The fourth-order valence-corrected chi connectivity index (χ4v) is 5.97. The van der Waals surface area contributed by atoms with E-state index in [1.54, 1.807) is 0 Å². The minimum Gasteiger partial charge on any atom is -0.475 e. The van der Waals surface area contributed by atoms with Crippen molar-refractivity contribution >= 4 is 27.8 Å². The second-order valence-corrected chi connectivity index (χ2v) is 10.4. The number of carbonyl (C=O) groups excluding carboxylic acids is 1. The molecule has 2 heterocycles. The first-order valence-corrected chi connectivity index (χ1v) is 12.5. The molecule has 0 fully saturated rings. The van der Waals surface area contributed by atoms with Crippen molar-refractivity contribution in [1.29, 1.82) is 0 Å². The Morgan fingerprint density at radius 1 is 1.18 bits per heavy atom. The van der Waals surface area contributed by atoms with Crippen LogP contribution in [0.25, 0.3) is 0 Å². The molecule has 0 spiro atoms. The maximum absolute atomic E-state index is 14.8. The average molecular weight is 494 g/mol. The van der Waals surface area contributed by atoms with Crippen LogP contribution in [0.3, 0.4) is 0 Å². The Bertz CT molecular complexity index is 1270. The molecule has 1 aliphatic heterocycles. The van der Waals surface area contributed by atoms with Crippen molar-refractivity contribution < 1.29 is 32.2 Å². The molecular weight excluding hydrogens is 469 g/mol. The summed E-state index contributed by atoms with van der Waals surface area (Å²) < 4.78 is 49.5. The number of anilines is 1. The molecule has 1 atom stereocenters. The van der Waals surface area contributed by atoms with Crippen molar-refractivity contribution in [2.45, 2.75) is 56.0 Å². The third-order valence-electron chi connectivity index (χ3n) is 6.73. The fourth-order valence-electron chi connectivity index (χ4n) is 4.99. The number of carboxylic acid groups (broad SMARTS) is 1. The van der Waals surface area contributed by atoms with Gasteiger partial charge in [-0.3, -0.25) is 0 Å². The maximum atomic E-state index is 14.8. The molecule has 1 aromatic heterocycles. The van der Waals surface area contributed by atoms with Gasteiger partial charge in [0.25, 0.3) is 10.0 Å². The Morgan fingerprint density at radius 3 is 2.41 bits per heavy atom. The lowest BCUT2D eigenvalue weighted by Crippen LogP contribution is -2.45. The topological polar surface area (TPSA) is 143 Å². The quantitative estimate of drug-likeness (QED) is 0.590. The van der Waals surface area contributed by atoms with Gasteiger partial charge in [-0.05, 0) is 60.8 Å². The number of likely N-dealkylation sites (N-methyl/N-ethyl adjacent to an activating group) is 1. The number of nitrogens with zero attached hydrogens (tertiary/aromatic N) is 3. The van der Waals surface area contributed by atoms with Gasteiger partial charge in [0.15, 0.2) is 4.90 Å². The smallest absolute Gasteiger partial charge is 0.407 e. The standard InChI is InChI=1S/C21H24FN5O6S/c1-26(21(29)30)11-9-27-19(33-10-11)16(8-23-27)34(31,32)25-20(28)24-18-14-6-2-4-12(14)17(22)13-5-3-7-15(13)18/h8,11H,2-7,9-10H2,1H3,(H,29,30)(H2,24,25,28). The number of sulfonamides is 1. The largest absolute Gasteiger partial charge is 0.475 e. The number of benzene rings is 1. The predicted molar refractivity (Wildman–Crippen MR) is 117 cm³/mol. The number of aromatic nitrogens is 2. The summed E-state index contributed by atoms with van der Waals surface area (Å²) in [6.45, 7) is 0.0464. The zero-order valence-corrected chi connectivity index (χ0v) is 19.2. The number of carbonyl (C=O) groups is 2. The van der Waals surface area contributed by atoms with Gasteiger partial charge in [-0.2, -0.15) is 5.10 Å². The Labute approximate surface area is 194 Å². The molecule has 13 heteroatoms. The highest BCUT2D eigenvalue weighted by Crippen LogP contribution is 2.41. The molecule has 1 aromatic carbocycles. The second kappa shape index (κ2) is 8.15. The van der Waals surface area contributed by atoms with E-state index in [1.165, 1.54) is 11.7 Å². The van der Waals surface area contributed by atoms with Gasteiger partial charge in [0.05, 0.1) is 18.8 Å². The van der Waals surface area contributed by atoms with Crippen LogP contribution in [-0.2, 0) is 42.3 Å². The summed E-state index contributed by atoms with van der Waals surface area (Å²) >= 11 is 0. The molecule has 182 valence electrons. The lowest BCUT2D eigenvalue weighted by Gasteiger charge is -2.30. The highest BCUT2D eigenvalue weighted by molar-refractivity contribution is 7.90. The molecule has 5 rings (SSSR count). The van der Waals surface area contributed by atoms with Crippen molar-refractivity contribution in [1.82, 2.24) is 19.4 Å². The van der Waals surface area contributed by atoms with Gasteiger partial charge >= 0.3 is 12.1 Å². The van der Waals surface area contributed by atoms with Crippen LogP contribution in [0.2, 0.25) is 0 Å². The van der Waals surface area contributed by atoms with E-state index >= 15 is 0 Å².